The number of likely N-dealkylation sites (tertiary alicyclic amines) is 1. The van der Waals surface area contributed by atoms with Gasteiger partial charge in [-0.3, -0.25) is 4.90 Å². The molecule has 0 amide bonds. The number of hydrogen-bond donors (Lipinski definition) is 1. The van der Waals surface area contributed by atoms with Crippen LogP contribution in [0.4, 0.5) is 4.39 Å². The number of benzene rings is 1. The summed E-state index contributed by atoms with van der Waals surface area (Å²) in [4.78, 5) is 23.4. The zero-order valence-electron chi connectivity index (χ0n) is 21.3. The van der Waals surface area contributed by atoms with Crippen LogP contribution in [0.15, 0.2) is 48.8 Å². The van der Waals surface area contributed by atoms with Crippen molar-refractivity contribution in [2.24, 2.45) is 0 Å². The molecule has 0 aliphatic carbocycles. The molecule has 0 radical (unpaired) electrons. The monoisotopic (exact) mass is 508 g/mol. The minimum atomic E-state index is -1.13. The Balaban J connectivity index is 1.28. The number of imidazole rings is 1. The van der Waals surface area contributed by atoms with Crippen molar-refractivity contribution in [1.29, 1.82) is 0 Å². The first-order valence-electron chi connectivity index (χ1n) is 12.8. The average molecular weight is 509 g/mol. The van der Waals surface area contributed by atoms with Crippen molar-refractivity contribution in [2.45, 2.75) is 63.8 Å². The van der Waals surface area contributed by atoms with Crippen molar-refractivity contribution in [3.63, 3.8) is 0 Å². The number of nitrogens with zero attached hydrogens (tertiary/aromatic N) is 4. The molecule has 3 aromatic rings. The predicted octanol–water partition coefficient (Wildman–Crippen LogP) is 4.94. The first-order valence-corrected chi connectivity index (χ1v) is 12.8. The van der Waals surface area contributed by atoms with Gasteiger partial charge in [0.2, 0.25) is 5.88 Å². The molecule has 2 saturated heterocycles. The fourth-order valence-corrected chi connectivity index (χ4v) is 4.88. The topological polar surface area (TPSA) is 89.7 Å². The largest absolute Gasteiger partial charge is 0.478 e. The van der Waals surface area contributed by atoms with E-state index in [9.17, 15) is 14.3 Å². The highest BCUT2D eigenvalue weighted by Gasteiger charge is 2.28. The van der Waals surface area contributed by atoms with Crippen molar-refractivity contribution in [2.75, 3.05) is 19.7 Å². The van der Waals surface area contributed by atoms with Gasteiger partial charge in [-0.05, 0) is 70.5 Å². The SMILES string of the molecule is C=C(F)C(C)(C)Oc1cccc(C2CCN(Cc3nc4ccc(C(=O)O)cc4n3C[C@@H]3CCO3)CC2)n1. The number of fused-ring (bicyclic) bond motifs is 1. The van der Waals surface area contributed by atoms with E-state index >= 15 is 0 Å². The first kappa shape index (κ1) is 25.4. The van der Waals surface area contributed by atoms with Crippen LogP contribution < -0.4 is 4.74 Å². The van der Waals surface area contributed by atoms with E-state index in [0.29, 0.717) is 19.0 Å². The molecule has 8 nitrogen and oxygen atoms in total. The second kappa shape index (κ2) is 10.2. The summed E-state index contributed by atoms with van der Waals surface area (Å²) in [7, 11) is 0. The van der Waals surface area contributed by atoms with Crippen molar-refractivity contribution in [1.82, 2.24) is 19.4 Å². The standard InChI is InChI=1S/C28H33FN4O4/c1-18(29)28(2,3)37-26-6-4-5-22(31-26)19-9-12-32(13-10-19)17-25-30-23-8-7-20(27(34)35)15-24(23)33(25)16-21-11-14-36-21/h4-8,15,19,21H,1,9-14,16-17H2,2-3H3,(H,34,35)/t21-/m0/s1. The summed E-state index contributed by atoms with van der Waals surface area (Å²) in [5, 5.41) is 9.46. The van der Waals surface area contributed by atoms with Crippen LogP contribution in [0.3, 0.4) is 0 Å². The molecule has 5 rings (SSSR count). The third-order valence-corrected chi connectivity index (χ3v) is 7.38. The number of aromatic carboxylic acids is 1. The Bertz CT molecular complexity index is 1310. The summed E-state index contributed by atoms with van der Waals surface area (Å²) in [6.07, 6.45) is 3.00. The molecule has 9 heteroatoms. The lowest BCUT2D eigenvalue weighted by molar-refractivity contribution is -0.0592. The van der Waals surface area contributed by atoms with Crippen LogP contribution in [0.2, 0.25) is 0 Å². The van der Waals surface area contributed by atoms with E-state index in [2.05, 4.69) is 21.0 Å². The molecule has 2 aliphatic rings. The molecule has 37 heavy (non-hydrogen) atoms. The molecule has 4 heterocycles. The summed E-state index contributed by atoms with van der Waals surface area (Å²) in [5.41, 5.74) is 1.71. The molecule has 0 unspecified atom stereocenters. The Kier molecular flexibility index (Phi) is 7.00. The van der Waals surface area contributed by atoms with Crippen molar-refractivity contribution in [3.8, 4) is 5.88 Å². The highest BCUT2D eigenvalue weighted by molar-refractivity contribution is 5.92. The number of carboxylic acids is 1. The second-order valence-electron chi connectivity index (χ2n) is 10.4. The number of hydrogen-bond acceptors (Lipinski definition) is 6. The Morgan fingerprint density at radius 1 is 1.22 bits per heavy atom. The predicted molar refractivity (Wildman–Crippen MR) is 137 cm³/mol. The van der Waals surface area contributed by atoms with Gasteiger partial charge in [-0.15, -0.1) is 0 Å². The maximum Gasteiger partial charge on any atom is 0.335 e. The molecule has 1 aromatic carbocycles. The van der Waals surface area contributed by atoms with E-state index in [1.807, 2.05) is 12.1 Å². The normalized spacial score (nSPS) is 19.1. The van der Waals surface area contributed by atoms with Gasteiger partial charge in [0.05, 0.1) is 35.8 Å². The lowest BCUT2D eigenvalue weighted by Crippen LogP contribution is -2.35. The maximum atomic E-state index is 13.7. The molecule has 0 bridgehead atoms. The number of piperidine rings is 1. The number of carbonyl (C=O) groups is 1. The molecule has 196 valence electrons. The number of halogens is 1. The lowest BCUT2D eigenvalue weighted by Gasteiger charge is -2.32. The Hall–Kier alpha value is -3.30. The number of pyridine rings is 1. The highest BCUT2D eigenvalue weighted by Crippen LogP contribution is 2.31. The van der Waals surface area contributed by atoms with E-state index < -0.39 is 17.4 Å². The van der Waals surface area contributed by atoms with Gasteiger partial charge in [0.15, 0.2) is 5.60 Å². The molecular formula is C28H33FN4O4. The molecule has 1 N–H and O–H groups in total. The van der Waals surface area contributed by atoms with E-state index in [1.54, 1.807) is 38.1 Å². The molecule has 1 atom stereocenters. The van der Waals surface area contributed by atoms with Crippen LogP contribution in [0.1, 0.15) is 60.9 Å². The number of aromatic nitrogens is 3. The molecule has 0 saturated carbocycles. The first-order chi connectivity index (χ1) is 17.7. The Morgan fingerprint density at radius 2 is 1.97 bits per heavy atom. The van der Waals surface area contributed by atoms with Gasteiger partial charge in [0.25, 0.3) is 0 Å². The van der Waals surface area contributed by atoms with Crippen LogP contribution >= 0.6 is 0 Å². The van der Waals surface area contributed by atoms with Gasteiger partial charge in [-0.2, -0.15) is 0 Å². The summed E-state index contributed by atoms with van der Waals surface area (Å²) in [5.74, 6) is 0.128. The zero-order valence-corrected chi connectivity index (χ0v) is 21.3. The van der Waals surface area contributed by atoms with Gasteiger partial charge < -0.3 is 19.1 Å². The fourth-order valence-electron chi connectivity index (χ4n) is 4.88. The highest BCUT2D eigenvalue weighted by atomic mass is 19.1. The van der Waals surface area contributed by atoms with Crippen LogP contribution in [0.25, 0.3) is 11.0 Å². The van der Waals surface area contributed by atoms with Crippen LogP contribution in [0.5, 0.6) is 5.88 Å². The maximum absolute atomic E-state index is 13.7. The minimum Gasteiger partial charge on any atom is -0.478 e. The van der Waals surface area contributed by atoms with E-state index in [0.717, 1.165) is 61.5 Å². The minimum absolute atomic E-state index is 0.135. The fraction of sp³-hybridized carbons (Fsp3) is 0.464. The van der Waals surface area contributed by atoms with Crippen LogP contribution in [-0.2, 0) is 17.8 Å². The molecule has 2 aliphatic heterocycles. The van der Waals surface area contributed by atoms with E-state index in [1.165, 1.54) is 0 Å². The summed E-state index contributed by atoms with van der Waals surface area (Å²) < 4.78 is 27.2. The number of ether oxygens (including phenoxy) is 2. The van der Waals surface area contributed by atoms with Crippen molar-refractivity contribution >= 4 is 17.0 Å². The van der Waals surface area contributed by atoms with Crippen LogP contribution in [-0.4, -0.2) is 61.9 Å². The summed E-state index contributed by atoms with van der Waals surface area (Å²) in [6.45, 7) is 10.5. The lowest BCUT2D eigenvalue weighted by atomic mass is 9.93. The molecule has 0 spiro atoms. The Labute approximate surface area is 215 Å². The van der Waals surface area contributed by atoms with Gasteiger partial charge in [-0.25, -0.2) is 19.2 Å². The smallest absolute Gasteiger partial charge is 0.335 e. The van der Waals surface area contributed by atoms with E-state index in [-0.39, 0.29) is 17.6 Å². The van der Waals surface area contributed by atoms with Gasteiger partial charge in [0, 0.05) is 24.3 Å². The average Bonchev–Trinajstić information content (AvgIpc) is 3.17. The van der Waals surface area contributed by atoms with Gasteiger partial charge >= 0.3 is 5.97 Å². The third kappa shape index (κ3) is 5.52. The molecular weight excluding hydrogens is 475 g/mol. The van der Waals surface area contributed by atoms with E-state index in [4.69, 9.17) is 14.5 Å². The summed E-state index contributed by atoms with van der Waals surface area (Å²) >= 11 is 0. The van der Waals surface area contributed by atoms with Crippen LogP contribution in [0, 0.1) is 0 Å². The Morgan fingerprint density at radius 3 is 2.62 bits per heavy atom. The van der Waals surface area contributed by atoms with Crippen molar-refractivity contribution < 1.29 is 23.8 Å². The molecule has 2 fully saturated rings. The second-order valence-corrected chi connectivity index (χ2v) is 10.4. The third-order valence-electron chi connectivity index (χ3n) is 7.38. The van der Waals surface area contributed by atoms with Crippen molar-refractivity contribution in [3.05, 3.63) is 65.9 Å². The zero-order chi connectivity index (χ0) is 26.2. The molecule has 2 aromatic heterocycles. The summed E-state index contributed by atoms with van der Waals surface area (Å²) in [6, 6.07) is 10.7. The quantitative estimate of drug-likeness (QED) is 0.438. The number of carboxylic acid groups (broad SMARTS) is 1. The number of rotatable bonds is 9. The van der Waals surface area contributed by atoms with Gasteiger partial charge in [-0.1, -0.05) is 12.6 Å². The van der Waals surface area contributed by atoms with Gasteiger partial charge in [0.1, 0.15) is 11.7 Å².